The first kappa shape index (κ1) is 11.6. The monoisotopic (exact) mass is 193 g/mol. The molecule has 12 heavy (non-hydrogen) atoms. The Labute approximate surface area is 65.2 Å². The molecule has 74 valence electrons. The average Bonchev–Trinajstić information content (AvgIpc) is 1.85. The van der Waals surface area contributed by atoms with Gasteiger partial charge in [0.15, 0.2) is 0 Å². The normalized spacial score (nSPS) is 16.2. The minimum absolute atomic E-state index is 0.424. The van der Waals surface area contributed by atoms with Crippen molar-refractivity contribution in [3.8, 4) is 0 Å². The smallest absolute Gasteiger partial charge is 0.386 e. The van der Waals surface area contributed by atoms with E-state index in [0.717, 1.165) is 0 Å². The van der Waals surface area contributed by atoms with E-state index >= 15 is 0 Å². The summed E-state index contributed by atoms with van der Waals surface area (Å²) in [7, 11) is 0. The highest BCUT2D eigenvalue weighted by atomic mass is 19.4. The second-order valence-electron chi connectivity index (χ2n) is 2.21. The van der Waals surface area contributed by atoms with Crippen molar-refractivity contribution in [1.82, 2.24) is 0 Å². The Morgan fingerprint density at radius 1 is 1.17 bits per heavy atom. The zero-order valence-electron chi connectivity index (χ0n) is 5.91. The van der Waals surface area contributed by atoms with Crippen LogP contribution in [0.25, 0.3) is 0 Å². The zero-order valence-corrected chi connectivity index (χ0v) is 5.91. The second kappa shape index (κ2) is 3.53. The van der Waals surface area contributed by atoms with Crippen molar-refractivity contribution >= 4 is 0 Å². The van der Waals surface area contributed by atoms with Crippen LogP contribution in [0.2, 0.25) is 0 Å². The molecule has 0 heterocycles. The predicted molar refractivity (Wildman–Crippen MR) is 30.7 cm³/mol. The van der Waals surface area contributed by atoms with Gasteiger partial charge in [-0.15, -0.1) is 0 Å². The summed E-state index contributed by atoms with van der Waals surface area (Å²) in [6.45, 7) is -0.424. The number of aliphatic hydroxyl groups is 1. The summed E-state index contributed by atoms with van der Waals surface area (Å²) in [4.78, 5) is 0. The van der Waals surface area contributed by atoms with Crippen molar-refractivity contribution in [2.75, 3.05) is 6.54 Å². The molecule has 7 heteroatoms. The van der Waals surface area contributed by atoms with E-state index in [4.69, 9.17) is 10.8 Å². The number of alkyl halides is 5. The lowest BCUT2D eigenvalue weighted by molar-refractivity contribution is -0.313. The maximum atomic E-state index is 12.1. The first-order valence-electron chi connectivity index (χ1n) is 3.06. The standard InChI is InChI=1S/C5H8F5NO/c6-4(7,5(8,9)10)3(12)1-2-11/h3,12H,1-2,11H2. The molecule has 0 amide bonds. The molecule has 0 aromatic carbocycles. The van der Waals surface area contributed by atoms with E-state index < -0.39 is 31.2 Å². The zero-order chi connectivity index (χ0) is 9.99. The summed E-state index contributed by atoms with van der Waals surface area (Å²) in [6, 6.07) is 0. The van der Waals surface area contributed by atoms with Crippen LogP contribution in [0, 0.1) is 0 Å². The van der Waals surface area contributed by atoms with E-state index in [1.165, 1.54) is 0 Å². The van der Waals surface area contributed by atoms with Crippen LogP contribution >= 0.6 is 0 Å². The Hall–Kier alpha value is -0.430. The summed E-state index contributed by atoms with van der Waals surface area (Å²) in [5.74, 6) is -5.08. The van der Waals surface area contributed by atoms with Crippen LogP contribution in [0.3, 0.4) is 0 Å². The van der Waals surface area contributed by atoms with Crippen LogP contribution < -0.4 is 5.73 Å². The third-order valence-electron chi connectivity index (χ3n) is 1.24. The fourth-order valence-electron chi connectivity index (χ4n) is 0.528. The number of rotatable bonds is 3. The molecule has 3 N–H and O–H groups in total. The van der Waals surface area contributed by atoms with E-state index in [9.17, 15) is 22.0 Å². The Kier molecular flexibility index (Phi) is 3.40. The molecule has 1 unspecified atom stereocenters. The van der Waals surface area contributed by atoms with Crippen LogP contribution in [0.4, 0.5) is 22.0 Å². The maximum absolute atomic E-state index is 12.1. The average molecular weight is 193 g/mol. The van der Waals surface area contributed by atoms with Gasteiger partial charge in [-0.2, -0.15) is 22.0 Å². The van der Waals surface area contributed by atoms with Gasteiger partial charge in [0, 0.05) is 0 Å². The number of halogens is 5. The van der Waals surface area contributed by atoms with Gasteiger partial charge in [-0.3, -0.25) is 0 Å². The summed E-state index contributed by atoms with van der Waals surface area (Å²) < 4.78 is 58.5. The minimum atomic E-state index is -5.72. The van der Waals surface area contributed by atoms with E-state index in [-0.39, 0.29) is 0 Å². The van der Waals surface area contributed by atoms with Gasteiger partial charge >= 0.3 is 12.1 Å². The molecule has 0 aromatic heterocycles. The lowest BCUT2D eigenvalue weighted by Gasteiger charge is -2.24. The van der Waals surface area contributed by atoms with Crippen LogP contribution in [-0.2, 0) is 0 Å². The van der Waals surface area contributed by atoms with Crippen molar-refractivity contribution in [2.45, 2.75) is 24.6 Å². The van der Waals surface area contributed by atoms with Gasteiger partial charge in [0.1, 0.15) is 6.10 Å². The minimum Gasteiger partial charge on any atom is -0.386 e. The highest BCUT2D eigenvalue weighted by molar-refractivity contribution is 4.83. The molecular weight excluding hydrogens is 185 g/mol. The van der Waals surface area contributed by atoms with Crippen molar-refractivity contribution in [1.29, 1.82) is 0 Å². The molecule has 0 aromatic rings. The highest BCUT2D eigenvalue weighted by Gasteiger charge is 2.61. The van der Waals surface area contributed by atoms with Gasteiger partial charge < -0.3 is 10.8 Å². The molecule has 0 bridgehead atoms. The van der Waals surface area contributed by atoms with Gasteiger partial charge in [0.2, 0.25) is 0 Å². The van der Waals surface area contributed by atoms with Gasteiger partial charge in [-0.25, -0.2) is 0 Å². The first-order chi connectivity index (χ1) is 5.23. The molecule has 0 radical (unpaired) electrons. The van der Waals surface area contributed by atoms with Crippen LogP contribution in [0.15, 0.2) is 0 Å². The predicted octanol–water partition coefficient (Wildman–Crippen LogP) is 0.894. The fourth-order valence-corrected chi connectivity index (χ4v) is 0.528. The Balaban J connectivity index is 4.38. The van der Waals surface area contributed by atoms with Gasteiger partial charge in [-0.1, -0.05) is 0 Å². The molecule has 0 saturated heterocycles. The molecule has 0 aliphatic rings. The van der Waals surface area contributed by atoms with E-state index in [1.807, 2.05) is 0 Å². The summed E-state index contributed by atoms with van der Waals surface area (Å²) >= 11 is 0. The quantitative estimate of drug-likeness (QED) is 0.654. The highest BCUT2D eigenvalue weighted by Crippen LogP contribution is 2.38. The molecule has 0 fully saturated rings. The first-order valence-corrected chi connectivity index (χ1v) is 3.06. The van der Waals surface area contributed by atoms with E-state index in [0.29, 0.717) is 0 Å². The van der Waals surface area contributed by atoms with Gasteiger partial charge in [0.25, 0.3) is 0 Å². The molecule has 0 spiro atoms. The summed E-state index contributed by atoms with van der Waals surface area (Å²) in [5.41, 5.74) is 4.71. The Bertz CT molecular complexity index is 145. The van der Waals surface area contributed by atoms with E-state index in [1.54, 1.807) is 0 Å². The Morgan fingerprint density at radius 3 is 1.83 bits per heavy atom. The Morgan fingerprint density at radius 2 is 1.58 bits per heavy atom. The molecular formula is C5H8F5NO. The molecule has 1 atom stereocenters. The largest absolute Gasteiger partial charge is 0.456 e. The third-order valence-corrected chi connectivity index (χ3v) is 1.24. The van der Waals surface area contributed by atoms with Crippen molar-refractivity contribution in [2.24, 2.45) is 5.73 Å². The van der Waals surface area contributed by atoms with Crippen molar-refractivity contribution < 1.29 is 27.1 Å². The van der Waals surface area contributed by atoms with Crippen molar-refractivity contribution in [3.05, 3.63) is 0 Å². The molecule has 0 saturated carbocycles. The topological polar surface area (TPSA) is 46.2 Å². The van der Waals surface area contributed by atoms with Crippen molar-refractivity contribution in [3.63, 3.8) is 0 Å². The number of hydrogen-bond donors (Lipinski definition) is 2. The third kappa shape index (κ3) is 2.28. The second-order valence-corrected chi connectivity index (χ2v) is 2.21. The fraction of sp³-hybridized carbons (Fsp3) is 1.00. The molecule has 0 aliphatic heterocycles. The molecule has 2 nitrogen and oxygen atoms in total. The van der Waals surface area contributed by atoms with Crippen LogP contribution in [0.1, 0.15) is 6.42 Å². The number of aliphatic hydroxyl groups excluding tert-OH is 1. The lowest BCUT2D eigenvalue weighted by atomic mass is 10.1. The summed E-state index contributed by atoms with van der Waals surface area (Å²) in [6.07, 6.45) is -9.27. The van der Waals surface area contributed by atoms with Crippen LogP contribution in [0.5, 0.6) is 0 Å². The molecule has 0 aliphatic carbocycles. The summed E-state index contributed by atoms with van der Waals surface area (Å²) in [5, 5.41) is 8.36. The van der Waals surface area contributed by atoms with Crippen LogP contribution in [-0.4, -0.2) is 29.9 Å². The van der Waals surface area contributed by atoms with Gasteiger partial charge in [0.05, 0.1) is 0 Å². The SMILES string of the molecule is NCCC(O)C(F)(F)C(F)(F)F. The van der Waals surface area contributed by atoms with E-state index in [2.05, 4.69) is 0 Å². The number of nitrogens with two attached hydrogens (primary N) is 1. The van der Waals surface area contributed by atoms with Gasteiger partial charge in [-0.05, 0) is 13.0 Å². The lowest BCUT2D eigenvalue weighted by Crippen LogP contribution is -2.47. The number of hydrogen-bond acceptors (Lipinski definition) is 2. The maximum Gasteiger partial charge on any atom is 0.456 e. The molecule has 0 rings (SSSR count).